The van der Waals surface area contributed by atoms with Crippen LogP contribution in [0.5, 0.6) is 0 Å². The van der Waals surface area contributed by atoms with Crippen molar-refractivity contribution in [1.82, 2.24) is 9.46 Å². The maximum atomic E-state index is 12.9. The standard InChI is InChI=1S/C18H24N4O6S2/c1-12-17(13(2)28-20-12)30(26,27)22-9-7-14(8-10-22)18(23)19-15-5-4-6-16(11-15)21-29(3,24)25/h4-6,11,14,21H,7-10H2,1-3H3,(H,19,23). The van der Waals surface area contributed by atoms with Gasteiger partial charge in [0.1, 0.15) is 10.6 Å². The molecule has 0 radical (unpaired) electrons. The molecule has 1 amide bonds. The van der Waals surface area contributed by atoms with E-state index in [9.17, 15) is 21.6 Å². The van der Waals surface area contributed by atoms with E-state index < -0.39 is 20.0 Å². The zero-order valence-electron chi connectivity index (χ0n) is 16.9. The highest BCUT2D eigenvalue weighted by Gasteiger charge is 2.35. The lowest BCUT2D eigenvalue weighted by atomic mass is 9.97. The van der Waals surface area contributed by atoms with E-state index in [1.54, 1.807) is 32.0 Å². The number of benzene rings is 1. The molecule has 1 aliphatic heterocycles. The summed E-state index contributed by atoms with van der Waals surface area (Å²) < 4.78 is 57.2. The Kier molecular flexibility index (Phi) is 6.20. The van der Waals surface area contributed by atoms with Crippen LogP contribution in [0.1, 0.15) is 24.3 Å². The highest BCUT2D eigenvalue weighted by atomic mass is 32.2. The van der Waals surface area contributed by atoms with Crippen LogP contribution in [-0.4, -0.2) is 51.5 Å². The maximum absolute atomic E-state index is 12.9. The number of amides is 1. The summed E-state index contributed by atoms with van der Waals surface area (Å²) in [5, 5.41) is 6.48. The summed E-state index contributed by atoms with van der Waals surface area (Å²) in [7, 11) is -7.16. The number of anilines is 2. The van der Waals surface area contributed by atoms with Crippen molar-refractivity contribution in [1.29, 1.82) is 0 Å². The van der Waals surface area contributed by atoms with Gasteiger partial charge in [0.2, 0.25) is 26.0 Å². The molecule has 0 aliphatic carbocycles. The van der Waals surface area contributed by atoms with Gasteiger partial charge in [0.15, 0.2) is 5.76 Å². The number of hydrogen-bond acceptors (Lipinski definition) is 7. The van der Waals surface area contributed by atoms with Gasteiger partial charge < -0.3 is 9.84 Å². The van der Waals surface area contributed by atoms with Gasteiger partial charge in [0, 0.05) is 24.7 Å². The predicted molar refractivity (Wildman–Crippen MR) is 111 cm³/mol. The molecule has 3 rings (SSSR count). The number of carbonyl (C=O) groups excluding carboxylic acids is 1. The first-order valence-corrected chi connectivity index (χ1v) is 12.6. The van der Waals surface area contributed by atoms with Crippen molar-refractivity contribution in [2.75, 3.05) is 29.4 Å². The molecule has 2 N–H and O–H groups in total. The number of sulfonamides is 2. The van der Waals surface area contributed by atoms with Gasteiger partial charge in [0.25, 0.3) is 0 Å². The molecule has 164 valence electrons. The first-order valence-electron chi connectivity index (χ1n) is 9.29. The van der Waals surface area contributed by atoms with Crippen LogP contribution < -0.4 is 10.0 Å². The van der Waals surface area contributed by atoms with Gasteiger partial charge in [-0.25, -0.2) is 16.8 Å². The van der Waals surface area contributed by atoms with E-state index in [0.29, 0.717) is 29.9 Å². The van der Waals surface area contributed by atoms with Crippen LogP contribution in [0.25, 0.3) is 0 Å². The van der Waals surface area contributed by atoms with E-state index in [2.05, 4.69) is 15.2 Å². The van der Waals surface area contributed by atoms with E-state index in [1.165, 1.54) is 10.4 Å². The number of carbonyl (C=O) groups is 1. The quantitative estimate of drug-likeness (QED) is 0.674. The fourth-order valence-corrected chi connectivity index (χ4v) is 5.77. The van der Waals surface area contributed by atoms with E-state index in [0.717, 1.165) is 6.26 Å². The van der Waals surface area contributed by atoms with E-state index in [4.69, 9.17) is 4.52 Å². The van der Waals surface area contributed by atoms with Gasteiger partial charge in [0.05, 0.1) is 11.9 Å². The fraction of sp³-hybridized carbons (Fsp3) is 0.444. The minimum Gasteiger partial charge on any atom is -0.360 e. The van der Waals surface area contributed by atoms with Crippen molar-refractivity contribution in [3.8, 4) is 0 Å². The highest BCUT2D eigenvalue weighted by molar-refractivity contribution is 7.92. The zero-order valence-corrected chi connectivity index (χ0v) is 18.5. The van der Waals surface area contributed by atoms with Crippen LogP contribution in [0, 0.1) is 19.8 Å². The normalized spacial score (nSPS) is 16.4. The summed E-state index contributed by atoms with van der Waals surface area (Å²) in [6.45, 7) is 3.55. The molecule has 12 heteroatoms. The number of aromatic nitrogens is 1. The SMILES string of the molecule is Cc1noc(C)c1S(=O)(=O)N1CCC(C(=O)Nc2cccc(NS(C)(=O)=O)c2)CC1. The molecule has 1 aliphatic rings. The third-order valence-electron chi connectivity index (χ3n) is 4.82. The largest absolute Gasteiger partial charge is 0.360 e. The van der Waals surface area contributed by atoms with E-state index in [-0.39, 0.29) is 35.6 Å². The number of piperidine rings is 1. The molecule has 0 unspecified atom stereocenters. The number of aryl methyl sites for hydroxylation is 2. The first kappa shape index (κ1) is 22.2. The van der Waals surface area contributed by atoms with Gasteiger partial charge in [-0.3, -0.25) is 9.52 Å². The van der Waals surface area contributed by atoms with Gasteiger partial charge in [-0.15, -0.1) is 0 Å². The van der Waals surface area contributed by atoms with Gasteiger partial charge >= 0.3 is 0 Å². The van der Waals surface area contributed by atoms with Crippen LogP contribution in [0.3, 0.4) is 0 Å². The third-order valence-corrected chi connectivity index (χ3v) is 7.57. The lowest BCUT2D eigenvalue weighted by Gasteiger charge is -2.30. The van der Waals surface area contributed by atoms with Crippen LogP contribution in [0.4, 0.5) is 11.4 Å². The molecule has 1 saturated heterocycles. The summed E-state index contributed by atoms with van der Waals surface area (Å²) in [6.07, 6.45) is 1.79. The molecule has 1 aromatic carbocycles. The van der Waals surface area contributed by atoms with Gasteiger partial charge in [-0.1, -0.05) is 11.2 Å². The number of nitrogens with one attached hydrogen (secondary N) is 2. The predicted octanol–water partition coefficient (Wildman–Crippen LogP) is 1.70. The van der Waals surface area contributed by atoms with Gasteiger partial charge in [-0.2, -0.15) is 4.31 Å². The van der Waals surface area contributed by atoms with Crippen molar-refractivity contribution in [3.05, 3.63) is 35.7 Å². The molecule has 2 aromatic rings. The Bertz CT molecular complexity index is 1130. The molecule has 0 saturated carbocycles. The minimum absolute atomic E-state index is 0.0839. The topological polar surface area (TPSA) is 139 Å². The van der Waals surface area contributed by atoms with Crippen LogP contribution in [0.2, 0.25) is 0 Å². The lowest BCUT2D eigenvalue weighted by Crippen LogP contribution is -2.41. The van der Waals surface area contributed by atoms with Crippen molar-refractivity contribution in [2.24, 2.45) is 5.92 Å². The Morgan fingerprint density at radius 2 is 1.77 bits per heavy atom. The maximum Gasteiger partial charge on any atom is 0.248 e. The average Bonchev–Trinajstić information content (AvgIpc) is 2.99. The van der Waals surface area contributed by atoms with Crippen molar-refractivity contribution in [3.63, 3.8) is 0 Å². The second kappa shape index (κ2) is 8.36. The smallest absolute Gasteiger partial charge is 0.248 e. The van der Waals surface area contributed by atoms with E-state index >= 15 is 0 Å². The fourth-order valence-electron chi connectivity index (χ4n) is 3.45. The summed E-state index contributed by atoms with van der Waals surface area (Å²) in [5.74, 6) is -0.344. The molecule has 0 atom stereocenters. The number of nitrogens with zero attached hydrogens (tertiary/aromatic N) is 2. The molecule has 2 heterocycles. The van der Waals surface area contributed by atoms with Gasteiger partial charge in [-0.05, 0) is 44.9 Å². The Morgan fingerprint density at radius 3 is 2.33 bits per heavy atom. The molecule has 0 bridgehead atoms. The first-order chi connectivity index (χ1) is 14.0. The van der Waals surface area contributed by atoms with Crippen molar-refractivity contribution >= 4 is 37.3 Å². The Hall–Kier alpha value is -2.44. The van der Waals surface area contributed by atoms with Crippen molar-refractivity contribution in [2.45, 2.75) is 31.6 Å². The van der Waals surface area contributed by atoms with E-state index in [1.807, 2.05) is 0 Å². The van der Waals surface area contributed by atoms with Crippen molar-refractivity contribution < 1.29 is 26.2 Å². The molecular weight excluding hydrogens is 432 g/mol. The summed E-state index contributed by atoms with van der Waals surface area (Å²) in [4.78, 5) is 12.7. The monoisotopic (exact) mass is 456 g/mol. The average molecular weight is 457 g/mol. The highest BCUT2D eigenvalue weighted by Crippen LogP contribution is 2.28. The number of rotatable bonds is 6. The summed E-state index contributed by atoms with van der Waals surface area (Å²) in [5.41, 5.74) is 1.12. The second-order valence-corrected chi connectivity index (χ2v) is 10.9. The minimum atomic E-state index is -3.73. The molecule has 0 spiro atoms. The molecule has 30 heavy (non-hydrogen) atoms. The lowest BCUT2D eigenvalue weighted by molar-refractivity contribution is -0.120. The number of hydrogen-bond donors (Lipinski definition) is 2. The zero-order chi connectivity index (χ0) is 22.1. The molecule has 1 aromatic heterocycles. The summed E-state index contributed by atoms with van der Waals surface area (Å²) >= 11 is 0. The Morgan fingerprint density at radius 1 is 1.13 bits per heavy atom. The Balaban J connectivity index is 1.63. The molecule has 10 nitrogen and oxygen atoms in total. The second-order valence-electron chi connectivity index (χ2n) is 7.28. The molecule has 1 fully saturated rings. The summed E-state index contributed by atoms with van der Waals surface area (Å²) in [6, 6.07) is 6.38. The van der Waals surface area contributed by atoms with Crippen LogP contribution >= 0.6 is 0 Å². The third kappa shape index (κ3) is 4.99. The van der Waals surface area contributed by atoms with Crippen LogP contribution in [-0.2, 0) is 24.8 Å². The molecular formula is C18H24N4O6S2. The Labute approximate surface area is 175 Å². The van der Waals surface area contributed by atoms with Crippen LogP contribution in [0.15, 0.2) is 33.7 Å².